The Bertz CT molecular complexity index is 756. The lowest BCUT2D eigenvalue weighted by atomic mass is 10.2. The molecule has 21 heavy (non-hydrogen) atoms. The molecule has 0 saturated carbocycles. The zero-order valence-corrected chi connectivity index (χ0v) is 12.7. The summed E-state index contributed by atoms with van der Waals surface area (Å²) < 4.78 is 24.4. The van der Waals surface area contributed by atoms with Crippen LogP contribution in [-0.2, 0) is 16.3 Å². The van der Waals surface area contributed by atoms with Gasteiger partial charge in [-0.2, -0.15) is 0 Å². The van der Waals surface area contributed by atoms with E-state index in [0.717, 1.165) is 18.5 Å². The van der Waals surface area contributed by atoms with Crippen LogP contribution in [0.15, 0.2) is 47.5 Å². The van der Waals surface area contributed by atoms with Crippen LogP contribution in [0.5, 0.6) is 0 Å². The SMILES string of the molecule is CCS(=O)(=O)c1ccccc1NC1CCc2cccnc21. The van der Waals surface area contributed by atoms with Crippen molar-refractivity contribution in [3.05, 3.63) is 53.9 Å². The van der Waals surface area contributed by atoms with Gasteiger partial charge >= 0.3 is 0 Å². The van der Waals surface area contributed by atoms with Crippen molar-refractivity contribution >= 4 is 15.5 Å². The van der Waals surface area contributed by atoms with E-state index in [0.29, 0.717) is 10.6 Å². The van der Waals surface area contributed by atoms with Crippen molar-refractivity contribution in [2.45, 2.75) is 30.7 Å². The lowest BCUT2D eigenvalue weighted by Gasteiger charge is -2.17. The molecule has 1 aromatic heterocycles. The molecule has 0 saturated heterocycles. The molecule has 1 heterocycles. The van der Waals surface area contributed by atoms with E-state index < -0.39 is 9.84 Å². The predicted molar refractivity (Wildman–Crippen MR) is 83.1 cm³/mol. The molecule has 1 atom stereocenters. The summed E-state index contributed by atoms with van der Waals surface area (Å²) in [5.41, 5.74) is 2.94. The minimum absolute atomic E-state index is 0.0782. The van der Waals surface area contributed by atoms with Gasteiger partial charge in [-0.3, -0.25) is 4.98 Å². The number of pyridine rings is 1. The first-order chi connectivity index (χ1) is 10.1. The van der Waals surface area contributed by atoms with Crippen LogP contribution in [0.1, 0.15) is 30.6 Å². The highest BCUT2D eigenvalue weighted by atomic mass is 32.2. The number of benzene rings is 1. The molecular formula is C16H18N2O2S. The molecule has 1 aromatic carbocycles. The summed E-state index contributed by atoms with van der Waals surface area (Å²) in [7, 11) is -3.23. The van der Waals surface area contributed by atoms with Crippen LogP contribution in [0.2, 0.25) is 0 Å². The molecule has 0 radical (unpaired) electrons. The summed E-state index contributed by atoms with van der Waals surface area (Å²) in [6, 6.07) is 11.2. The average molecular weight is 302 g/mol. The summed E-state index contributed by atoms with van der Waals surface area (Å²) in [4.78, 5) is 4.81. The minimum Gasteiger partial charge on any atom is -0.376 e. The second-order valence-electron chi connectivity index (χ2n) is 5.18. The molecule has 110 valence electrons. The number of hydrogen-bond donors (Lipinski definition) is 1. The molecule has 1 unspecified atom stereocenters. The second-order valence-corrected chi connectivity index (χ2v) is 7.43. The van der Waals surface area contributed by atoms with Crippen molar-refractivity contribution < 1.29 is 8.42 Å². The number of nitrogens with one attached hydrogen (secondary N) is 1. The molecule has 1 N–H and O–H groups in total. The van der Waals surface area contributed by atoms with E-state index in [-0.39, 0.29) is 11.8 Å². The van der Waals surface area contributed by atoms with Crippen molar-refractivity contribution in [2.75, 3.05) is 11.1 Å². The fourth-order valence-electron chi connectivity index (χ4n) is 2.75. The van der Waals surface area contributed by atoms with Crippen molar-refractivity contribution in [1.82, 2.24) is 4.98 Å². The van der Waals surface area contributed by atoms with E-state index in [2.05, 4.69) is 16.4 Å². The molecule has 2 aromatic rings. The smallest absolute Gasteiger partial charge is 0.180 e. The lowest BCUT2D eigenvalue weighted by Crippen LogP contribution is -2.13. The van der Waals surface area contributed by atoms with Gasteiger partial charge < -0.3 is 5.32 Å². The Morgan fingerprint density at radius 3 is 2.86 bits per heavy atom. The van der Waals surface area contributed by atoms with E-state index in [9.17, 15) is 8.42 Å². The Morgan fingerprint density at radius 2 is 2.05 bits per heavy atom. The summed E-state index contributed by atoms with van der Waals surface area (Å²) in [5, 5.41) is 3.36. The van der Waals surface area contributed by atoms with Crippen LogP contribution in [-0.4, -0.2) is 19.2 Å². The molecule has 0 amide bonds. The first kappa shape index (κ1) is 14.1. The highest BCUT2D eigenvalue weighted by molar-refractivity contribution is 7.91. The van der Waals surface area contributed by atoms with E-state index in [1.54, 1.807) is 25.3 Å². The van der Waals surface area contributed by atoms with Gasteiger partial charge in [0.15, 0.2) is 9.84 Å². The van der Waals surface area contributed by atoms with Crippen LogP contribution in [0.4, 0.5) is 5.69 Å². The predicted octanol–water partition coefficient (Wildman–Crippen LogP) is 2.97. The summed E-state index contributed by atoms with van der Waals surface area (Å²) in [5.74, 6) is 0.102. The van der Waals surface area contributed by atoms with E-state index in [1.165, 1.54) is 5.56 Å². The fourth-order valence-corrected chi connectivity index (χ4v) is 3.81. The van der Waals surface area contributed by atoms with Crippen molar-refractivity contribution in [1.29, 1.82) is 0 Å². The Balaban J connectivity index is 1.94. The van der Waals surface area contributed by atoms with Gasteiger partial charge in [0.05, 0.1) is 28.1 Å². The number of rotatable bonds is 4. The van der Waals surface area contributed by atoms with Gasteiger partial charge in [0.2, 0.25) is 0 Å². The summed E-state index contributed by atoms with van der Waals surface area (Å²) in [6.45, 7) is 1.67. The minimum atomic E-state index is -3.23. The average Bonchev–Trinajstić information content (AvgIpc) is 2.91. The lowest BCUT2D eigenvalue weighted by molar-refractivity contribution is 0.597. The molecule has 5 heteroatoms. The maximum atomic E-state index is 12.2. The normalized spacial score (nSPS) is 17.5. The third kappa shape index (κ3) is 2.65. The summed E-state index contributed by atoms with van der Waals surface area (Å²) >= 11 is 0. The van der Waals surface area contributed by atoms with Gasteiger partial charge in [-0.25, -0.2) is 8.42 Å². The molecule has 0 spiro atoms. The number of para-hydroxylation sites is 1. The molecule has 0 aliphatic heterocycles. The molecular weight excluding hydrogens is 284 g/mol. The third-order valence-corrected chi connectivity index (χ3v) is 5.68. The van der Waals surface area contributed by atoms with Crippen molar-refractivity contribution in [3.63, 3.8) is 0 Å². The molecule has 4 nitrogen and oxygen atoms in total. The van der Waals surface area contributed by atoms with E-state index in [4.69, 9.17) is 0 Å². The topological polar surface area (TPSA) is 59.1 Å². The van der Waals surface area contributed by atoms with Crippen LogP contribution in [0.25, 0.3) is 0 Å². The zero-order chi connectivity index (χ0) is 14.9. The van der Waals surface area contributed by atoms with Crippen LogP contribution >= 0.6 is 0 Å². The Morgan fingerprint density at radius 1 is 1.24 bits per heavy atom. The third-order valence-electron chi connectivity index (χ3n) is 3.89. The molecule has 3 rings (SSSR count). The Kier molecular flexibility index (Phi) is 3.68. The number of sulfone groups is 1. The number of aryl methyl sites for hydroxylation is 1. The maximum absolute atomic E-state index is 12.2. The van der Waals surface area contributed by atoms with Crippen molar-refractivity contribution in [3.8, 4) is 0 Å². The standard InChI is InChI=1S/C16H18N2O2S/c1-2-21(19,20)15-8-4-3-7-13(15)18-14-10-9-12-6-5-11-17-16(12)14/h3-8,11,14,18H,2,9-10H2,1H3. The quantitative estimate of drug-likeness (QED) is 0.943. The number of anilines is 1. The highest BCUT2D eigenvalue weighted by Gasteiger charge is 2.25. The largest absolute Gasteiger partial charge is 0.376 e. The van der Waals surface area contributed by atoms with Gasteiger partial charge in [-0.15, -0.1) is 0 Å². The Labute approximate surface area is 125 Å². The number of aromatic nitrogens is 1. The molecule has 1 aliphatic rings. The van der Waals surface area contributed by atoms with Crippen LogP contribution < -0.4 is 5.32 Å². The highest BCUT2D eigenvalue weighted by Crippen LogP contribution is 2.34. The maximum Gasteiger partial charge on any atom is 0.180 e. The van der Waals surface area contributed by atoms with E-state index in [1.807, 2.05) is 18.2 Å². The van der Waals surface area contributed by atoms with Crippen LogP contribution in [0, 0.1) is 0 Å². The van der Waals surface area contributed by atoms with Gasteiger partial charge in [0, 0.05) is 6.20 Å². The van der Waals surface area contributed by atoms with Gasteiger partial charge in [-0.1, -0.05) is 25.1 Å². The van der Waals surface area contributed by atoms with Crippen LogP contribution in [0.3, 0.4) is 0 Å². The molecule has 0 fully saturated rings. The first-order valence-electron chi connectivity index (χ1n) is 7.14. The molecule has 1 aliphatic carbocycles. The monoisotopic (exact) mass is 302 g/mol. The zero-order valence-electron chi connectivity index (χ0n) is 11.9. The Hall–Kier alpha value is -1.88. The molecule has 0 bridgehead atoms. The van der Waals surface area contributed by atoms with Gasteiger partial charge in [-0.05, 0) is 36.6 Å². The number of fused-ring (bicyclic) bond motifs is 1. The van der Waals surface area contributed by atoms with E-state index >= 15 is 0 Å². The first-order valence-corrected chi connectivity index (χ1v) is 8.79. The number of nitrogens with zero attached hydrogens (tertiary/aromatic N) is 1. The second kappa shape index (κ2) is 5.48. The number of hydrogen-bond acceptors (Lipinski definition) is 4. The fraction of sp³-hybridized carbons (Fsp3) is 0.312. The van der Waals surface area contributed by atoms with Gasteiger partial charge in [0.25, 0.3) is 0 Å². The summed E-state index contributed by atoms with van der Waals surface area (Å²) in [6.07, 6.45) is 3.70. The van der Waals surface area contributed by atoms with Gasteiger partial charge in [0.1, 0.15) is 0 Å². The van der Waals surface area contributed by atoms with Crippen molar-refractivity contribution in [2.24, 2.45) is 0 Å².